The molecule has 1 aliphatic carbocycles. The fraction of sp³-hybridized carbons (Fsp3) is 1.00. The minimum Gasteiger partial charge on any atom is -0.318 e. The van der Waals surface area contributed by atoms with Crippen LogP contribution in [-0.4, -0.2) is 55.8 Å². The van der Waals surface area contributed by atoms with Crippen molar-refractivity contribution >= 4 is 10.2 Å². The van der Waals surface area contributed by atoms with Crippen LogP contribution in [0.2, 0.25) is 0 Å². The first kappa shape index (κ1) is 16.2. The van der Waals surface area contributed by atoms with Gasteiger partial charge in [0.1, 0.15) is 0 Å². The summed E-state index contributed by atoms with van der Waals surface area (Å²) in [6.07, 6.45) is 5.43. The van der Waals surface area contributed by atoms with Crippen LogP contribution >= 0.6 is 0 Å². The van der Waals surface area contributed by atoms with E-state index in [4.69, 9.17) is 0 Å². The van der Waals surface area contributed by atoms with Crippen molar-refractivity contribution in [2.24, 2.45) is 5.92 Å². The Hall–Kier alpha value is -0.170. The van der Waals surface area contributed by atoms with E-state index in [1.165, 1.54) is 12.8 Å². The van der Waals surface area contributed by atoms with Gasteiger partial charge in [0.25, 0.3) is 10.2 Å². The van der Waals surface area contributed by atoms with Crippen LogP contribution in [0.15, 0.2) is 0 Å². The molecule has 1 unspecified atom stereocenters. The zero-order chi connectivity index (χ0) is 14.8. The third-order valence-electron chi connectivity index (χ3n) is 4.32. The zero-order valence-electron chi connectivity index (χ0n) is 13.0. The molecule has 2 fully saturated rings. The maximum Gasteiger partial charge on any atom is 0.282 e. The molecular weight excluding hydrogens is 274 g/mol. The molecule has 0 amide bonds. The number of nitrogens with one attached hydrogen (secondary N) is 1. The summed E-state index contributed by atoms with van der Waals surface area (Å²) >= 11 is 0. The second-order valence-electron chi connectivity index (χ2n) is 6.43. The van der Waals surface area contributed by atoms with Gasteiger partial charge in [-0.3, -0.25) is 0 Å². The minimum atomic E-state index is -3.32. The molecule has 0 radical (unpaired) electrons. The standard InChI is InChI=1S/C14H29N3O2S/c1-12(2)17(11-13-7-8-13)20(18,19)16-9-5-4-6-14(16)10-15-3/h12-15H,4-11H2,1-3H3. The van der Waals surface area contributed by atoms with E-state index in [1.54, 1.807) is 8.61 Å². The molecule has 0 aromatic carbocycles. The van der Waals surface area contributed by atoms with Crippen LogP contribution < -0.4 is 5.32 Å². The SMILES string of the molecule is CNCC1CCCCN1S(=O)(=O)N(CC1CC1)C(C)C. The smallest absolute Gasteiger partial charge is 0.282 e. The van der Waals surface area contributed by atoms with Crippen molar-refractivity contribution in [1.82, 2.24) is 13.9 Å². The van der Waals surface area contributed by atoms with Crippen LogP contribution in [-0.2, 0) is 10.2 Å². The summed E-state index contributed by atoms with van der Waals surface area (Å²) in [6.45, 7) is 6.08. The largest absolute Gasteiger partial charge is 0.318 e. The summed E-state index contributed by atoms with van der Waals surface area (Å²) in [7, 11) is -1.43. The summed E-state index contributed by atoms with van der Waals surface area (Å²) < 4.78 is 29.5. The summed E-state index contributed by atoms with van der Waals surface area (Å²) in [4.78, 5) is 0. The summed E-state index contributed by atoms with van der Waals surface area (Å²) in [6, 6.07) is 0.150. The van der Waals surface area contributed by atoms with E-state index in [0.29, 0.717) is 19.0 Å². The predicted molar refractivity (Wildman–Crippen MR) is 81.8 cm³/mol. The van der Waals surface area contributed by atoms with Crippen LogP contribution in [0.4, 0.5) is 0 Å². The molecule has 1 aliphatic heterocycles. The molecule has 0 spiro atoms. The molecular formula is C14H29N3O2S. The first-order valence-electron chi connectivity index (χ1n) is 7.90. The molecule has 0 bridgehead atoms. The highest BCUT2D eigenvalue weighted by molar-refractivity contribution is 7.86. The van der Waals surface area contributed by atoms with E-state index in [-0.39, 0.29) is 12.1 Å². The first-order chi connectivity index (χ1) is 9.46. The Morgan fingerprint density at radius 2 is 1.95 bits per heavy atom. The predicted octanol–water partition coefficient (Wildman–Crippen LogP) is 1.43. The average molecular weight is 303 g/mol. The van der Waals surface area contributed by atoms with E-state index in [1.807, 2.05) is 20.9 Å². The molecule has 1 heterocycles. The Labute approximate surface area is 123 Å². The number of hydrogen-bond donors (Lipinski definition) is 1. The quantitative estimate of drug-likeness (QED) is 0.774. The Morgan fingerprint density at radius 3 is 2.50 bits per heavy atom. The molecule has 2 rings (SSSR count). The van der Waals surface area contributed by atoms with Gasteiger partial charge >= 0.3 is 0 Å². The summed E-state index contributed by atoms with van der Waals surface area (Å²) in [5, 5.41) is 3.14. The Morgan fingerprint density at radius 1 is 1.25 bits per heavy atom. The molecule has 1 N–H and O–H groups in total. The zero-order valence-corrected chi connectivity index (χ0v) is 13.8. The van der Waals surface area contributed by atoms with Gasteiger partial charge in [-0.2, -0.15) is 17.0 Å². The fourth-order valence-corrected chi connectivity index (χ4v) is 5.10. The molecule has 5 nitrogen and oxygen atoms in total. The van der Waals surface area contributed by atoms with E-state index >= 15 is 0 Å². The van der Waals surface area contributed by atoms with E-state index in [2.05, 4.69) is 5.32 Å². The van der Waals surface area contributed by atoms with Gasteiger partial charge in [0.15, 0.2) is 0 Å². The third kappa shape index (κ3) is 3.72. The van der Waals surface area contributed by atoms with E-state index < -0.39 is 10.2 Å². The van der Waals surface area contributed by atoms with Crippen LogP contribution in [0.1, 0.15) is 46.0 Å². The van der Waals surface area contributed by atoms with Crippen molar-refractivity contribution in [3.8, 4) is 0 Å². The second-order valence-corrected chi connectivity index (χ2v) is 8.27. The fourth-order valence-electron chi connectivity index (χ4n) is 2.98. The third-order valence-corrected chi connectivity index (χ3v) is 6.55. The van der Waals surface area contributed by atoms with Crippen LogP contribution in [0.3, 0.4) is 0 Å². The number of likely N-dealkylation sites (N-methyl/N-ethyl adjacent to an activating group) is 1. The lowest BCUT2D eigenvalue weighted by atomic mass is 10.1. The lowest BCUT2D eigenvalue weighted by Gasteiger charge is -2.39. The van der Waals surface area contributed by atoms with Crippen molar-refractivity contribution in [2.45, 2.75) is 58.0 Å². The highest BCUT2D eigenvalue weighted by atomic mass is 32.2. The van der Waals surface area contributed by atoms with Gasteiger partial charge in [-0.1, -0.05) is 6.42 Å². The van der Waals surface area contributed by atoms with Crippen molar-refractivity contribution in [1.29, 1.82) is 0 Å². The van der Waals surface area contributed by atoms with Crippen molar-refractivity contribution < 1.29 is 8.42 Å². The highest BCUT2D eigenvalue weighted by Crippen LogP contribution is 2.33. The van der Waals surface area contributed by atoms with Crippen molar-refractivity contribution in [2.75, 3.05) is 26.7 Å². The summed E-state index contributed by atoms with van der Waals surface area (Å²) in [5.41, 5.74) is 0. The van der Waals surface area contributed by atoms with Gasteiger partial charge in [0.2, 0.25) is 0 Å². The lowest BCUT2D eigenvalue weighted by Crippen LogP contribution is -2.55. The molecule has 20 heavy (non-hydrogen) atoms. The number of nitrogens with zero attached hydrogens (tertiary/aromatic N) is 2. The van der Waals surface area contributed by atoms with Crippen LogP contribution in [0.5, 0.6) is 0 Å². The van der Waals surface area contributed by atoms with E-state index in [9.17, 15) is 8.42 Å². The molecule has 6 heteroatoms. The Balaban J connectivity index is 2.15. The maximum atomic E-state index is 13.0. The lowest BCUT2D eigenvalue weighted by molar-refractivity contribution is 0.218. The summed E-state index contributed by atoms with van der Waals surface area (Å²) in [5.74, 6) is 0.583. The van der Waals surface area contributed by atoms with Gasteiger partial charge in [-0.15, -0.1) is 0 Å². The molecule has 2 aliphatic rings. The number of rotatable bonds is 7. The van der Waals surface area contributed by atoms with Gasteiger partial charge in [0.05, 0.1) is 0 Å². The number of piperidine rings is 1. The monoisotopic (exact) mass is 303 g/mol. The average Bonchev–Trinajstić information content (AvgIpc) is 3.20. The maximum absolute atomic E-state index is 13.0. The molecule has 0 aromatic rings. The Bertz CT molecular complexity index is 405. The van der Waals surface area contributed by atoms with Crippen molar-refractivity contribution in [3.05, 3.63) is 0 Å². The van der Waals surface area contributed by atoms with E-state index in [0.717, 1.165) is 25.8 Å². The molecule has 1 atom stereocenters. The van der Waals surface area contributed by atoms with Gasteiger partial charge in [-0.25, -0.2) is 0 Å². The normalized spacial score (nSPS) is 25.6. The van der Waals surface area contributed by atoms with Gasteiger partial charge < -0.3 is 5.32 Å². The molecule has 118 valence electrons. The van der Waals surface area contributed by atoms with Gasteiger partial charge in [0, 0.05) is 31.7 Å². The first-order valence-corrected chi connectivity index (χ1v) is 9.29. The van der Waals surface area contributed by atoms with Crippen LogP contribution in [0, 0.1) is 5.92 Å². The molecule has 1 saturated carbocycles. The van der Waals surface area contributed by atoms with Gasteiger partial charge in [-0.05, 0) is 52.5 Å². The highest BCUT2D eigenvalue weighted by Gasteiger charge is 2.39. The minimum absolute atomic E-state index is 0.0396. The number of hydrogen-bond acceptors (Lipinski definition) is 3. The van der Waals surface area contributed by atoms with Crippen LogP contribution in [0.25, 0.3) is 0 Å². The Kier molecular flexibility index (Phi) is 5.45. The second kappa shape index (κ2) is 6.73. The molecule has 0 aromatic heterocycles. The molecule has 1 saturated heterocycles. The topological polar surface area (TPSA) is 52.7 Å². The van der Waals surface area contributed by atoms with Crippen molar-refractivity contribution in [3.63, 3.8) is 0 Å².